The number of aromatic nitrogens is 6. The van der Waals surface area contributed by atoms with Crippen LogP contribution in [-0.4, -0.2) is 39.7 Å². The summed E-state index contributed by atoms with van der Waals surface area (Å²) >= 11 is 9.87. The van der Waals surface area contributed by atoms with E-state index in [4.69, 9.17) is 24.4 Å². The van der Waals surface area contributed by atoms with E-state index in [0.29, 0.717) is 9.54 Å². The van der Waals surface area contributed by atoms with E-state index in [1.165, 1.54) is 9.13 Å². The number of aliphatic hydroxyl groups excluding tert-OH is 2. The molecule has 0 amide bonds. The van der Waals surface area contributed by atoms with Crippen LogP contribution in [0.15, 0.2) is 0 Å². The van der Waals surface area contributed by atoms with Crippen molar-refractivity contribution in [1.82, 2.24) is 29.5 Å². The molecule has 2 aromatic rings. The van der Waals surface area contributed by atoms with Gasteiger partial charge < -0.3 is 19.3 Å². The van der Waals surface area contributed by atoms with Crippen LogP contribution in [0.4, 0.5) is 0 Å². The second-order valence-electron chi connectivity index (χ2n) is 3.78. The molecule has 98 valence electrons. The third-order valence-electron chi connectivity index (χ3n) is 2.66. The van der Waals surface area contributed by atoms with E-state index in [1.807, 2.05) is 0 Å². The summed E-state index contributed by atoms with van der Waals surface area (Å²) < 4.78 is 3.66. The molecule has 0 spiro atoms. The molecule has 0 bridgehead atoms. The van der Waals surface area contributed by atoms with Crippen molar-refractivity contribution in [2.24, 2.45) is 14.1 Å². The summed E-state index contributed by atoms with van der Waals surface area (Å²) in [6.07, 6.45) is -2.52. The lowest BCUT2D eigenvalue weighted by Crippen LogP contribution is -2.18. The maximum absolute atomic E-state index is 10.1. The predicted octanol–water partition coefficient (Wildman–Crippen LogP) is 0.0358. The van der Waals surface area contributed by atoms with Crippen molar-refractivity contribution >= 4 is 24.4 Å². The molecule has 0 radical (unpaired) electrons. The maximum Gasteiger partial charge on any atom is 0.194 e. The van der Waals surface area contributed by atoms with Crippen molar-refractivity contribution in [1.29, 1.82) is 0 Å². The summed E-state index contributed by atoms with van der Waals surface area (Å²) in [5, 5.41) is 32.9. The summed E-state index contributed by atoms with van der Waals surface area (Å²) in [5.74, 6) is 0.447. The second-order valence-corrected chi connectivity index (χ2v) is 4.56. The van der Waals surface area contributed by atoms with Gasteiger partial charge in [0.2, 0.25) is 0 Å². The fourth-order valence-corrected chi connectivity index (χ4v) is 1.81. The van der Waals surface area contributed by atoms with E-state index in [9.17, 15) is 10.2 Å². The predicted molar refractivity (Wildman–Crippen MR) is 66.7 cm³/mol. The van der Waals surface area contributed by atoms with Gasteiger partial charge >= 0.3 is 0 Å². The van der Waals surface area contributed by atoms with Crippen LogP contribution in [0, 0.1) is 9.54 Å². The van der Waals surface area contributed by atoms with Crippen LogP contribution in [0.5, 0.6) is 0 Å². The van der Waals surface area contributed by atoms with Gasteiger partial charge in [-0.3, -0.25) is 10.2 Å². The largest absolute Gasteiger partial charge is 0.382 e. The highest BCUT2D eigenvalue weighted by Gasteiger charge is 2.28. The van der Waals surface area contributed by atoms with Gasteiger partial charge in [-0.1, -0.05) is 0 Å². The van der Waals surface area contributed by atoms with Gasteiger partial charge in [0.05, 0.1) is 0 Å². The van der Waals surface area contributed by atoms with Crippen molar-refractivity contribution in [3.05, 3.63) is 21.2 Å². The number of hydrogen-bond donors (Lipinski definition) is 4. The van der Waals surface area contributed by atoms with Crippen molar-refractivity contribution in [3.8, 4) is 0 Å². The van der Waals surface area contributed by atoms with Crippen LogP contribution in [-0.2, 0) is 14.1 Å². The lowest BCUT2D eigenvalue weighted by molar-refractivity contribution is 0.00288. The molecule has 0 unspecified atom stereocenters. The van der Waals surface area contributed by atoms with Crippen LogP contribution < -0.4 is 0 Å². The lowest BCUT2D eigenvalue weighted by Gasteiger charge is -2.15. The van der Waals surface area contributed by atoms with Crippen LogP contribution in [0.3, 0.4) is 0 Å². The monoisotopic (exact) mass is 288 g/mol. The molecule has 2 heterocycles. The number of H-pyrrole nitrogens is 2. The first-order valence-corrected chi connectivity index (χ1v) is 5.84. The fourth-order valence-electron chi connectivity index (χ4n) is 1.53. The van der Waals surface area contributed by atoms with Crippen molar-refractivity contribution in [3.63, 3.8) is 0 Å². The first kappa shape index (κ1) is 13.1. The number of aromatic amines is 2. The first-order valence-electron chi connectivity index (χ1n) is 5.02. The zero-order valence-electron chi connectivity index (χ0n) is 9.65. The molecule has 4 N–H and O–H groups in total. The maximum atomic E-state index is 10.1. The Morgan fingerprint density at radius 1 is 0.944 bits per heavy atom. The van der Waals surface area contributed by atoms with Gasteiger partial charge in [-0.25, -0.2) is 0 Å². The van der Waals surface area contributed by atoms with E-state index >= 15 is 0 Å². The molecule has 0 saturated heterocycles. The van der Waals surface area contributed by atoms with Crippen LogP contribution >= 0.6 is 24.4 Å². The quantitative estimate of drug-likeness (QED) is 0.594. The first-order chi connectivity index (χ1) is 8.43. The van der Waals surface area contributed by atoms with E-state index in [2.05, 4.69) is 20.4 Å². The third kappa shape index (κ3) is 2.03. The highest BCUT2D eigenvalue weighted by molar-refractivity contribution is 7.71. The SMILES string of the molecule is Cn1c([C@@H](O)[C@@H](O)c2n[nH]c(=S)n2C)n[nH]c1=S. The summed E-state index contributed by atoms with van der Waals surface area (Å²) in [6, 6.07) is 0. The molecule has 18 heavy (non-hydrogen) atoms. The Kier molecular flexibility index (Phi) is 3.43. The van der Waals surface area contributed by atoms with E-state index in [1.54, 1.807) is 14.1 Å². The molecular formula is C8H12N6O2S2. The summed E-state index contributed by atoms with van der Waals surface area (Å²) in [4.78, 5) is 0. The Morgan fingerprint density at radius 3 is 1.50 bits per heavy atom. The molecule has 2 aromatic heterocycles. The Labute approximate surface area is 112 Å². The van der Waals surface area contributed by atoms with Crippen LogP contribution in [0.1, 0.15) is 23.9 Å². The molecule has 10 heteroatoms. The molecule has 2 atom stereocenters. The van der Waals surface area contributed by atoms with Crippen molar-refractivity contribution in [2.45, 2.75) is 12.2 Å². The summed E-state index contributed by atoms with van der Waals surface area (Å²) in [6.45, 7) is 0. The molecule has 8 nitrogen and oxygen atoms in total. The minimum absolute atomic E-state index is 0.224. The van der Waals surface area contributed by atoms with Gasteiger partial charge in [0.25, 0.3) is 0 Å². The average molecular weight is 288 g/mol. The number of aliphatic hydroxyl groups is 2. The molecule has 0 aromatic carbocycles. The zero-order valence-corrected chi connectivity index (χ0v) is 11.3. The second kappa shape index (κ2) is 4.72. The Bertz CT molecular complexity index is 609. The molecular weight excluding hydrogens is 276 g/mol. The molecule has 2 rings (SSSR count). The fraction of sp³-hybridized carbons (Fsp3) is 0.500. The topological polar surface area (TPSA) is 108 Å². The molecule has 0 saturated carbocycles. The molecule has 0 fully saturated rings. The molecule has 0 aliphatic heterocycles. The van der Waals surface area contributed by atoms with Crippen molar-refractivity contribution in [2.75, 3.05) is 0 Å². The highest BCUT2D eigenvalue weighted by Crippen LogP contribution is 2.25. The van der Waals surface area contributed by atoms with Gasteiger partial charge in [-0.05, 0) is 24.4 Å². The summed E-state index contributed by atoms with van der Waals surface area (Å²) in [7, 11) is 3.28. The lowest BCUT2D eigenvalue weighted by atomic mass is 10.2. The number of nitrogens with zero attached hydrogens (tertiary/aromatic N) is 4. The Morgan fingerprint density at radius 2 is 1.28 bits per heavy atom. The number of nitrogens with one attached hydrogen (secondary N) is 2. The molecule has 0 aliphatic carbocycles. The third-order valence-corrected chi connectivity index (χ3v) is 3.39. The van der Waals surface area contributed by atoms with Gasteiger partial charge in [0.15, 0.2) is 21.2 Å². The number of rotatable bonds is 3. The smallest absolute Gasteiger partial charge is 0.194 e. The van der Waals surface area contributed by atoms with Crippen LogP contribution in [0.2, 0.25) is 0 Å². The highest BCUT2D eigenvalue weighted by atomic mass is 32.1. The van der Waals surface area contributed by atoms with Crippen molar-refractivity contribution < 1.29 is 10.2 Å². The Hall–Kier alpha value is -1.36. The molecule has 0 aliphatic rings. The van der Waals surface area contributed by atoms with E-state index < -0.39 is 12.2 Å². The summed E-state index contributed by atoms with van der Waals surface area (Å²) in [5.41, 5.74) is 0. The standard InChI is InChI=1S/C8H12N6O2S2/c1-13-5(9-11-7(13)17)3(15)4(16)6-10-12-8(18)14(6)2/h3-4,15-16H,1-2H3,(H,11,17)(H,12,18)/t3-,4+. The average Bonchev–Trinajstić information content (AvgIpc) is 2.84. The van der Waals surface area contributed by atoms with Gasteiger partial charge in [-0.2, -0.15) is 10.2 Å². The number of hydrogen-bond acceptors (Lipinski definition) is 6. The Balaban J connectivity index is 2.37. The minimum atomic E-state index is -1.26. The van der Waals surface area contributed by atoms with Crippen LogP contribution in [0.25, 0.3) is 0 Å². The van der Waals surface area contributed by atoms with E-state index in [0.717, 1.165) is 0 Å². The minimum Gasteiger partial charge on any atom is -0.382 e. The van der Waals surface area contributed by atoms with Gasteiger partial charge in [0, 0.05) is 14.1 Å². The zero-order chi connectivity index (χ0) is 13.4. The van der Waals surface area contributed by atoms with Gasteiger partial charge in [0.1, 0.15) is 12.2 Å². The van der Waals surface area contributed by atoms with Gasteiger partial charge in [-0.15, -0.1) is 0 Å². The normalized spacial score (nSPS) is 14.7. The van der Waals surface area contributed by atoms with E-state index in [-0.39, 0.29) is 11.6 Å².